The fourth-order valence-corrected chi connectivity index (χ4v) is 2.79. The van der Waals surface area contributed by atoms with Crippen molar-refractivity contribution in [1.29, 1.82) is 0 Å². The molecule has 0 bridgehead atoms. The maximum Gasteiger partial charge on any atom is 0.326 e. The maximum atomic E-state index is 12.9. The Kier molecular flexibility index (Phi) is 11.3. The molecule has 0 fully saturated rings. The molecule has 0 aliphatic heterocycles. The van der Waals surface area contributed by atoms with Gasteiger partial charge in [-0.15, -0.1) is 0 Å². The van der Waals surface area contributed by atoms with Crippen molar-refractivity contribution in [3.05, 3.63) is 18.2 Å². The number of rotatable bonds is 15. The molecule has 0 spiro atoms. The lowest BCUT2D eigenvalue weighted by Gasteiger charge is -2.24. The summed E-state index contributed by atoms with van der Waals surface area (Å²) in [4.78, 5) is 77.9. The van der Waals surface area contributed by atoms with Crippen LogP contribution in [-0.4, -0.2) is 91.1 Å². The fourth-order valence-electron chi connectivity index (χ4n) is 2.79. The number of carbonyl (C=O) groups is 6. The third kappa shape index (κ3) is 10.2. The first-order valence-corrected chi connectivity index (χ1v) is 10.4. The Morgan fingerprint density at radius 1 is 1.00 bits per heavy atom. The van der Waals surface area contributed by atoms with E-state index in [0.29, 0.717) is 5.69 Å². The van der Waals surface area contributed by atoms with Crippen molar-refractivity contribution in [1.82, 2.24) is 25.9 Å². The highest BCUT2D eigenvalue weighted by atomic mass is 16.4. The third-order valence-electron chi connectivity index (χ3n) is 4.74. The number of hydrogen-bond donors (Lipinski definition) is 9. The van der Waals surface area contributed by atoms with Gasteiger partial charge in [0.05, 0.1) is 18.9 Å². The number of primary amides is 1. The van der Waals surface area contributed by atoms with Crippen LogP contribution in [0.3, 0.4) is 0 Å². The minimum absolute atomic E-state index is 0.165. The second-order valence-corrected chi connectivity index (χ2v) is 7.67. The molecule has 1 heterocycles. The van der Waals surface area contributed by atoms with Crippen LogP contribution in [0.5, 0.6) is 0 Å². The monoisotopic (exact) mass is 499 g/mol. The van der Waals surface area contributed by atoms with E-state index < -0.39 is 72.3 Å². The van der Waals surface area contributed by atoms with Crippen LogP contribution in [0, 0.1) is 0 Å². The Morgan fingerprint density at radius 2 is 1.57 bits per heavy atom. The average molecular weight is 499 g/mol. The van der Waals surface area contributed by atoms with Gasteiger partial charge in [0.1, 0.15) is 24.2 Å². The van der Waals surface area contributed by atoms with Gasteiger partial charge in [-0.3, -0.25) is 24.0 Å². The SMILES string of the molecule is CC(O)C(N)C(=O)NC(Cc1cnc[nH]1)C(=O)NC(CC(=O)O)C(=O)NC(CCC(N)=O)C(=O)O. The number of imidazole rings is 1. The Bertz CT molecular complexity index is 920. The second-order valence-electron chi connectivity index (χ2n) is 7.67. The highest BCUT2D eigenvalue weighted by molar-refractivity contribution is 5.95. The van der Waals surface area contributed by atoms with E-state index in [9.17, 15) is 39.0 Å². The van der Waals surface area contributed by atoms with Crippen LogP contribution in [0.1, 0.15) is 31.9 Å². The molecule has 1 aromatic rings. The molecule has 5 atom stereocenters. The zero-order valence-corrected chi connectivity index (χ0v) is 18.8. The largest absolute Gasteiger partial charge is 0.481 e. The van der Waals surface area contributed by atoms with E-state index in [1.807, 2.05) is 0 Å². The van der Waals surface area contributed by atoms with E-state index in [4.69, 9.17) is 16.6 Å². The third-order valence-corrected chi connectivity index (χ3v) is 4.74. The summed E-state index contributed by atoms with van der Waals surface area (Å²) < 4.78 is 0. The first-order chi connectivity index (χ1) is 16.3. The molecule has 1 rings (SSSR count). The number of carbonyl (C=O) groups excluding carboxylic acids is 4. The number of carboxylic acid groups (broad SMARTS) is 2. The van der Waals surface area contributed by atoms with Crippen LogP contribution >= 0.6 is 0 Å². The van der Waals surface area contributed by atoms with Crippen LogP contribution < -0.4 is 27.4 Å². The lowest BCUT2D eigenvalue weighted by atomic mass is 10.1. The number of amides is 4. The molecule has 4 amide bonds. The molecule has 0 aliphatic carbocycles. The quantitative estimate of drug-likeness (QED) is 0.112. The highest BCUT2D eigenvalue weighted by Gasteiger charge is 2.32. The van der Waals surface area contributed by atoms with Gasteiger partial charge in [-0.1, -0.05) is 0 Å². The van der Waals surface area contributed by atoms with Crippen molar-refractivity contribution < 1.29 is 44.1 Å². The summed E-state index contributed by atoms with van der Waals surface area (Å²) in [6, 6.07) is -6.07. The maximum absolute atomic E-state index is 12.9. The molecule has 0 saturated heterocycles. The molecule has 11 N–H and O–H groups in total. The molecule has 194 valence electrons. The minimum atomic E-state index is -1.73. The van der Waals surface area contributed by atoms with Crippen molar-refractivity contribution in [2.75, 3.05) is 0 Å². The van der Waals surface area contributed by atoms with Crippen molar-refractivity contribution in [3.8, 4) is 0 Å². The first kappa shape index (κ1) is 29.0. The number of aromatic amines is 1. The zero-order chi connectivity index (χ0) is 26.7. The molecule has 16 nitrogen and oxygen atoms in total. The number of hydrogen-bond acceptors (Lipinski definition) is 9. The number of nitrogens with zero attached hydrogens (tertiary/aromatic N) is 1. The molecule has 16 heteroatoms. The summed E-state index contributed by atoms with van der Waals surface area (Å²) in [6.45, 7) is 1.26. The molecule has 1 aromatic heterocycles. The fraction of sp³-hybridized carbons (Fsp3) is 0.526. The van der Waals surface area contributed by atoms with Crippen LogP contribution in [0.4, 0.5) is 0 Å². The number of aromatic nitrogens is 2. The summed E-state index contributed by atoms with van der Waals surface area (Å²) in [7, 11) is 0. The second kappa shape index (κ2) is 13.6. The predicted octanol–water partition coefficient (Wildman–Crippen LogP) is -4.06. The van der Waals surface area contributed by atoms with E-state index in [0.717, 1.165) is 0 Å². The van der Waals surface area contributed by atoms with E-state index in [-0.39, 0.29) is 19.3 Å². The van der Waals surface area contributed by atoms with E-state index in [2.05, 4.69) is 25.9 Å². The van der Waals surface area contributed by atoms with E-state index >= 15 is 0 Å². The van der Waals surface area contributed by atoms with Gasteiger partial charge in [-0.2, -0.15) is 0 Å². The van der Waals surface area contributed by atoms with Crippen LogP contribution in [0.25, 0.3) is 0 Å². The number of aliphatic hydroxyl groups excluding tert-OH is 1. The molecule has 0 saturated carbocycles. The number of carboxylic acids is 2. The van der Waals surface area contributed by atoms with Gasteiger partial charge in [-0.05, 0) is 13.3 Å². The Hall–Kier alpha value is -4.05. The Morgan fingerprint density at radius 3 is 2.06 bits per heavy atom. The van der Waals surface area contributed by atoms with Gasteiger partial charge in [0.2, 0.25) is 23.6 Å². The van der Waals surface area contributed by atoms with Gasteiger partial charge in [-0.25, -0.2) is 9.78 Å². The molecule has 0 aliphatic rings. The molecule has 0 aromatic carbocycles. The van der Waals surface area contributed by atoms with Crippen molar-refractivity contribution in [3.63, 3.8) is 0 Å². The number of H-pyrrole nitrogens is 1. The molecular formula is C19H29N7O9. The van der Waals surface area contributed by atoms with Gasteiger partial charge >= 0.3 is 11.9 Å². The van der Waals surface area contributed by atoms with Gasteiger partial charge in [0.25, 0.3) is 0 Å². The number of nitrogens with two attached hydrogens (primary N) is 2. The standard InChI is InChI=1S/C19H29N7O9/c1-8(27)15(21)18(33)26-11(4-9-6-22-7-23-9)16(31)25-12(5-14(29)30)17(32)24-10(19(34)35)2-3-13(20)28/h6-8,10-12,15,27H,2-5,21H2,1H3,(H2,20,28)(H,22,23)(H,24,32)(H,25,31)(H,26,33)(H,29,30)(H,34,35). The van der Waals surface area contributed by atoms with Crippen LogP contribution in [0.2, 0.25) is 0 Å². The van der Waals surface area contributed by atoms with Gasteiger partial charge < -0.3 is 47.7 Å². The first-order valence-electron chi connectivity index (χ1n) is 10.4. The van der Waals surface area contributed by atoms with Crippen LogP contribution in [-0.2, 0) is 35.2 Å². The topological polar surface area (TPSA) is 280 Å². The summed E-state index contributed by atoms with van der Waals surface area (Å²) in [5, 5.41) is 34.5. The van der Waals surface area contributed by atoms with Crippen molar-refractivity contribution >= 4 is 35.6 Å². The minimum Gasteiger partial charge on any atom is -0.481 e. The lowest BCUT2D eigenvalue weighted by molar-refractivity contribution is -0.144. The van der Waals surface area contributed by atoms with Crippen molar-refractivity contribution in [2.45, 2.75) is 62.9 Å². The predicted molar refractivity (Wildman–Crippen MR) is 116 cm³/mol. The molecular weight excluding hydrogens is 470 g/mol. The summed E-state index contributed by atoms with van der Waals surface area (Å²) in [6.07, 6.45) is -0.385. The summed E-state index contributed by atoms with van der Waals surface area (Å²) in [5.41, 5.74) is 11.0. The zero-order valence-electron chi connectivity index (χ0n) is 18.8. The van der Waals surface area contributed by atoms with Crippen molar-refractivity contribution in [2.24, 2.45) is 11.5 Å². The number of aliphatic hydroxyl groups is 1. The molecule has 35 heavy (non-hydrogen) atoms. The van der Waals surface area contributed by atoms with E-state index in [1.165, 1.54) is 19.4 Å². The van der Waals surface area contributed by atoms with Gasteiger partial charge in [0, 0.05) is 24.7 Å². The Labute approximate surface area is 198 Å². The average Bonchev–Trinajstić information content (AvgIpc) is 3.27. The summed E-state index contributed by atoms with van der Waals surface area (Å²) >= 11 is 0. The summed E-state index contributed by atoms with van der Waals surface area (Å²) in [5.74, 6) is -6.83. The number of aliphatic carboxylic acids is 2. The molecule has 5 unspecified atom stereocenters. The normalized spacial score (nSPS) is 15.1. The Balaban J connectivity index is 3.06. The lowest BCUT2D eigenvalue weighted by Crippen LogP contribution is -2.59. The van der Waals surface area contributed by atoms with Gasteiger partial charge in [0.15, 0.2) is 0 Å². The molecule has 0 radical (unpaired) electrons. The smallest absolute Gasteiger partial charge is 0.326 e. The highest BCUT2D eigenvalue weighted by Crippen LogP contribution is 2.04. The van der Waals surface area contributed by atoms with E-state index in [1.54, 1.807) is 0 Å². The number of nitrogens with one attached hydrogen (secondary N) is 4. The van der Waals surface area contributed by atoms with Crippen LogP contribution in [0.15, 0.2) is 12.5 Å².